The largest absolute Gasteiger partial charge is 0.494 e. The van der Waals surface area contributed by atoms with Gasteiger partial charge in [0.2, 0.25) is 0 Å². The van der Waals surface area contributed by atoms with Gasteiger partial charge in [0.25, 0.3) is 0 Å². The second kappa shape index (κ2) is 6.29. The molecule has 0 radical (unpaired) electrons. The van der Waals surface area contributed by atoms with E-state index in [0.717, 1.165) is 23.5 Å². The molecule has 19 heavy (non-hydrogen) atoms. The summed E-state index contributed by atoms with van der Waals surface area (Å²) >= 11 is 0. The fourth-order valence-corrected chi connectivity index (χ4v) is 1.98. The predicted octanol–water partition coefficient (Wildman–Crippen LogP) is 2.53. The van der Waals surface area contributed by atoms with E-state index in [2.05, 4.69) is 16.0 Å². The number of ether oxygens (including phenoxy) is 1. The molecule has 2 aromatic rings. The fourth-order valence-electron chi connectivity index (χ4n) is 1.98. The van der Waals surface area contributed by atoms with E-state index in [1.54, 1.807) is 0 Å². The monoisotopic (exact) mass is 260 g/mol. The Morgan fingerprint density at radius 3 is 2.79 bits per heavy atom. The summed E-state index contributed by atoms with van der Waals surface area (Å²) in [6, 6.07) is 9.88. The fraction of sp³-hybridized carbons (Fsp3) is 0.333. The topological polar surface area (TPSA) is 46.4 Å². The van der Waals surface area contributed by atoms with Crippen molar-refractivity contribution in [2.75, 3.05) is 11.9 Å². The third-order valence-electron chi connectivity index (χ3n) is 3.06. The number of aryl methyl sites for hydroxylation is 1. The Morgan fingerprint density at radius 1 is 1.32 bits per heavy atom. The molecule has 1 aromatic heterocycles. The second-order valence-corrected chi connectivity index (χ2v) is 4.38. The molecular formula is C15H20N2O2. The maximum atomic E-state index is 9.35. The van der Waals surface area contributed by atoms with Gasteiger partial charge in [0.1, 0.15) is 5.75 Å². The summed E-state index contributed by atoms with van der Waals surface area (Å²) in [6.45, 7) is 3.27. The number of aliphatic hydroxyl groups is 1. The van der Waals surface area contributed by atoms with Gasteiger partial charge in [-0.15, -0.1) is 0 Å². The summed E-state index contributed by atoms with van der Waals surface area (Å²) in [5, 5.41) is 12.7. The van der Waals surface area contributed by atoms with Crippen LogP contribution in [0.5, 0.6) is 5.75 Å². The highest BCUT2D eigenvalue weighted by Crippen LogP contribution is 2.23. The Morgan fingerprint density at radius 2 is 2.16 bits per heavy atom. The summed E-state index contributed by atoms with van der Waals surface area (Å²) in [5.74, 6) is 0.745. The van der Waals surface area contributed by atoms with Crippen molar-refractivity contribution in [1.82, 2.24) is 4.57 Å². The molecule has 0 aliphatic carbocycles. The molecule has 0 saturated carbocycles. The number of rotatable bonds is 6. The molecule has 0 fully saturated rings. The summed E-state index contributed by atoms with van der Waals surface area (Å²) in [5.41, 5.74) is 2.99. The molecular weight excluding hydrogens is 240 g/mol. The first kappa shape index (κ1) is 13.5. The number of aromatic nitrogens is 1. The highest BCUT2D eigenvalue weighted by atomic mass is 16.5. The van der Waals surface area contributed by atoms with Gasteiger partial charge in [-0.25, -0.2) is 0 Å². The van der Waals surface area contributed by atoms with Crippen molar-refractivity contribution in [3.8, 4) is 5.75 Å². The molecule has 4 nitrogen and oxygen atoms in total. The lowest BCUT2D eigenvalue weighted by Gasteiger charge is -2.12. The highest BCUT2D eigenvalue weighted by Gasteiger charge is 2.04. The zero-order valence-corrected chi connectivity index (χ0v) is 11.4. The van der Waals surface area contributed by atoms with Crippen LogP contribution in [0.25, 0.3) is 0 Å². The second-order valence-electron chi connectivity index (χ2n) is 4.38. The van der Waals surface area contributed by atoms with E-state index in [1.807, 2.05) is 44.4 Å². The number of hydrogen-bond acceptors (Lipinski definition) is 3. The first-order valence-corrected chi connectivity index (χ1v) is 6.45. The number of hydrogen-bond donors (Lipinski definition) is 2. The van der Waals surface area contributed by atoms with Crippen molar-refractivity contribution < 1.29 is 9.84 Å². The van der Waals surface area contributed by atoms with Gasteiger partial charge in [-0.3, -0.25) is 0 Å². The summed E-state index contributed by atoms with van der Waals surface area (Å²) in [7, 11) is 2.02. The van der Waals surface area contributed by atoms with Crippen LogP contribution in [0.4, 0.5) is 5.69 Å². The molecule has 2 N–H and O–H groups in total. The van der Waals surface area contributed by atoms with Crippen LogP contribution < -0.4 is 10.1 Å². The van der Waals surface area contributed by atoms with Crippen LogP contribution in [0.3, 0.4) is 0 Å². The minimum atomic E-state index is -0.0188. The zero-order valence-electron chi connectivity index (χ0n) is 11.4. The van der Waals surface area contributed by atoms with E-state index in [9.17, 15) is 5.11 Å². The van der Waals surface area contributed by atoms with Crippen LogP contribution in [0.2, 0.25) is 0 Å². The SMILES string of the molecule is CCOc1ccc(NCc2cccn2C)cc1CO. The maximum absolute atomic E-state index is 9.35. The van der Waals surface area contributed by atoms with Gasteiger partial charge in [-0.1, -0.05) is 0 Å². The Hall–Kier alpha value is -1.94. The van der Waals surface area contributed by atoms with Gasteiger partial charge < -0.3 is 19.7 Å². The number of anilines is 1. The number of benzene rings is 1. The van der Waals surface area contributed by atoms with Crippen molar-refractivity contribution >= 4 is 5.69 Å². The quantitative estimate of drug-likeness (QED) is 0.839. The molecule has 0 bridgehead atoms. The molecule has 0 atom stereocenters. The first-order valence-electron chi connectivity index (χ1n) is 6.45. The molecule has 0 unspecified atom stereocenters. The molecule has 2 rings (SSSR count). The van der Waals surface area contributed by atoms with Gasteiger partial charge in [0.05, 0.1) is 19.8 Å². The number of aliphatic hydroxyl groups excluding tert-OH is 1. The minimum absolute atomic E-state index is 0.0188. The summed E-state index contributed by atoms with van der Waals surface area (Å²) in [6.07, 6.45) is 2.02. The van der Waals surface area contributed by atoms with Gasteiger partial charge in [0.15, 0.2) is 0 Å². The van der Waals surface area contributed by atoms with Gasteiger partial charge in [-0.2, -0.15) is 0 Å². The van der Waals surface area contributed by atoms with Crippen LogP contribution in [0.15, 0.2) is 36.5 Å². The van der Waals surface area contributed by atoms with Crippen LogP contribution in [-0.2, 0) is 20.2 Å². The first-order chi connectivity index (χ1) is 9.24. The van der Waals surface area contributed by atoms with E-state index < -0.39 is 0 Å². The molecule has 0 amide bonds. The van der Waals surface area contributed by atoms with Crippen molar-refractivity contribution in [1.29, 1.82) is 0 Å². The van der Waals surface area contributed by atoms with Crippen LogP contribution >= 0.6 is 0 Å². The minimum Gasteiger partial charge on any atom is -0.494 e. The van der Waals surface area contributed by atoms with Crippen molar-refractivity contribution in [3.05, 3.63) is 47.8 Å². The third-order valence-corrected chi connectivity index (χ3v) is 3.06. The van der Waals surface area contributed by atoms with Crippen molar-refractivity contribution in [2.45, 2.75) is 20.1 Å². The highest BCUT2D eigenvalue weighted by molar-refractivity contribution is 5.51. The lowest BCUT2D eigenvalue weighted by atomic mass is 10.2. The molecule has 0 aliphatic rings. The summed E-state index contributed by atoms with van der Waals surface area (Å²) in [4.78, 5) is 0. The third kappa shape index (κ3) is 3.29. The average Bonchev–Trinajstić information content (AvgIpc) is 2.83. The van der Waals surface area contributed by atoms with Crippen LogP contribution in [-0.4, -0.2) is 16.3 Å². The Labute approximate surface area is 113 Å². The van der Waals surface area contributed by atoms with Crippen LogP contribution in [0, 0.1) is 0 Å². The predicted molar refractivity (Wildman–Crippen MR) is 76.3 cm³/mol. The van der Waals surface area contributed by atoms with Gasteiger partial charge >= 0.3 is 0 Å². The number of nitrogens with zero attached hydrogens (tertiary/aromatic N) is 1. The molecule has 4 heteroatoms. The Balaban J connectivity index is 2.07. The standard InChI is InChI=1S/C15H20N2O2/c1-3-19-15-7-6-13(9-12(15)11-18)16-10-14-5-4-8-17(14)2/h4-9,16,18H,3,10-11H2,1-2H3. The smallest absolute Gasteiger partial charge is 0.124 e. The van der Waals surface area contributed by atoms with E-state index >= 15 is 0 Å². The normalized spacial score (nSPS) is 10.5. The van der Waals surface area contributed by atoms with E-state index in [-0.39, 0.29) is 6.61 Å². The van der Waals surface area contributed by atoms with Crippen LogP contribution in [0.1, 0.15) is 18.2 Å². The molecule has 1 aromatic carbocycles. The molecule has 1 heterocycles. The van der Waals surface area contributed by atoms with Crippen molar-refractivity contribution in [3.63, 3.8) is 0 Å². The number of nitrogens with one attached hydrogen (secondary N) is 1. The van der Waals surface area contributed by atoms with E-state index in [1.165, 1.54) is 5.69 Å². The zero-order chi connectivity index (χ0) is 13.7. The lowest BCUT2D eigenvalue weighted by molar-refractivity contribution is 0.267. The molecule has 0 aliphatic heterocycles. The Kier molecular flexibility index (Phi) is 4.47. The van der Waals surface area contributed by atoms with Gasteiger partial charge in [-0.05, 0) is 37.3 Å². The Bertz CT molecular complexity index is 535. The average molecular weight is 260 g/mol. The van der Waals surface area contributed by atoms with Crippen molar-refractivity contribution in [2.24, 2.45) is 7.05 Å². The van der Waals surface area contributed by atoms with E-state index in [4.69, 9.17) is 4.74 Å². The molecule has 0 spiro atoms. The van der Waals surface area contributed by atoms with E-state index in [0.29, 0.717) is 6.61 Å². The lowest BCUT2D eigenvalue weighted by Crippen LogP contribution is -2.05. The molecule has 102 valence electrons. The molecule has 0 saturated heterocycles. The summed E-state index contributed by atoms with van der Waals surface area (Å²) < 4.78 is 7.54. The maximum Gasteiger partial charge on any atom is 0.124 e. The van der Waals surface area contributed by atoms with Gasteiger partial charge in [0, 0.05) is 30.2 Å².